The van der Waals surface area contributed by atoms with Gasteiger partial charge in [0, 0.05) is 12.8 Å². The predicted molar refractivity (Wildman–Crippen MR) is 273 cm³/mol. The summed E-state index contributed by atoms with van der Waals surface area (Å²) in [7, 11) is -4.76. The fourth-order valence-electron chi connectivity index (χ4n) is 8.26. The first kappa shape index (κ1) is 64.2. The van der Waals surface area contributed by atoms with Crippen molar-refractivity contribution >= 4 is 25.7 Å². The monoisotopic (exact) mass is 958 g/mol. The molecule has 0 heterocycles. The van der Waals surface area contributed by atoms with Crippen LogP contribution in [-0.4, -0.2) is 64.9 Å². The van der Waals surface area contributed by atoms with Crippen molar-refractivity contribution in [2.45, 2.75) is 296 Å². The second kappa shape index (κ2) is 49.6. The molecule has 0 aromatic rings. The van der Waals surface area contributed by atoms with Crippen LogP contribution in [0.2, 0.25) is 0 Å². The lowest BCUT2D eigenvalue weighted by molar-refractivity contribution is -0.147. The molecule has 1 amide bonds. The number of phosphoric ester groups is 1. The molecule has 0 aromatic heterocycles. The third-order valence-electron chi connectivity index (χ3n) is 12.6. The summed E-state index contributed by atoms with van der Waals surface area (Å²) in [6.45, 7) is 2.65. The number of aliphatic hydroxyl groups is 1. The van der Waals surface area contributed by atoms with Gasteiger partial charge in [0.2, 0.25) is 5.91 Å². The molecule has 0 aromatic carbocycles. The van der Waals surface area contributed by atoms with Gasteiger partial charge >= 0.3 is 19.8 Å². The summed E-state index contributed by atoms with van der Waals surface area (Å²) >= 11 is 0. The minimum Gasteiger partial charge on any atom is -0.480 e. The van der Waals surface area contributed by atoms with Gasteiger partial charge in [-0.15, -0.1) is 0 Å². The van der Waals surface area contributed by atoms with Crippen molar-refractivity contribution in [2.75, 3.05) is 19.8 Å². The van der Waals surface area contributed by atoms with E-state index in [2.05, 4.69) is 31.3 Å². The maximum Gasteiger partial charge on any atom is 0.472 e. The maximum atomic E-state index is 12.4. The summed E-state index contributed by atoms with van der Waals surface area (Å²) in [5.41, 5.74) is 0. The number of allylic oxidation sites excluding steroid dienone is 2. The first-order chi connectivity index (χ1) is 32.1. The van der Waals surface area contributed by atoms with E-state index < -0.39 is 57.6 Å². The number of amides is 1. The highest BCUT2D eigenvalue weighted by atomic mass is 31.2. The molecule has 11 nitrogen and oxygen atoms in total. The number of phosphoric acid groups is 1. The quantitative estimate of drug-likeness (QED) is 0.0199. The van der Waals surface area contributed by atoms with Crippen LogP contribution in [0.25, 0.3) is 0 Å². The third-order valence-corrected chi connectivity index (χ3v) is 13.5. The van der Waals surface area contributed by atoms with E-state index in [0.29, 0.717) is 12.8 Å². The first-order valence-corrected chi connectivity index (χ1v) is 29.2. The Morgan fingerprint density at radius 3 is 1.15 bits per heavy atom. The van der Waals surface area contributed by atoms with Gasteiger partial charge in [0.25, 0.3) is 0 Å². The van der Waals surface area contributed by atoms with Gasteiger partial charge in [0.15, 0.2) is 6.04 Å². The topological polar surface area (TPSA) is 169 Å². The minimum atomic E-state index is -4.76. The lowest BCUT2D eigenvalue weighted by Gasteiger charge is -2.18. The number of ether oxygens (including phenoxy) is 1. The van der Waals surface area contributed by atoms with Crippen LogP contribution in [0, 0.1) is 0 Å². The van der Waals surface area contributed by atoms with Crippen LogP contribution >= 0.6 is 7.82 Å². The molecule has 0 fully saturated rings. The van der Waals surface area contributed by atoms with E-state index in [1.165, 1.54) is 199 Å². The standard InChI is InChI=1S/C54H104NO10P/c1-3-5-7-9-11-13-15-17-19-21-23-24-25-26-27-28-29-31-33-35-37-39-41-43-45-52(57)55-51(54(59)60)49-65-66(61,62)64-48-50(56)47-63-53(58)46-44-42-40-38-36-34-32-30-22-20-18-16-14-12-10-8-6-4-2/h20,22,50-51,56H,3-19,21,23-49H2,1-2H3,(H,55,57)(H,59,60)(H,61,62)/b22-20-. The fourth-order valence-corrected chi connectivity index (χ4v) is 9.03. The average molecular weight is 958 g/mol. The number of unbranched alkanes of at least 4 members (excludes halogenated alkanes) is 37. The van der Waals surface area contributed by atoms with Gasteiger partial charge in [-0.1, -0.05) is 244 Å². The average Bonchev–Trinajstić information content (AvgIpc) is 3.29. The van der Waals surface area contributed by atoms with Crippen molar-refractivity contribution in [3.05, 3.63) is 12.2 Å². The molecule has 0 aliphatic rings. The van der Waals surface area contributed by atoms with Gasteiger partial charge in [-0.2, -0.15) is 0 Å². The Hall–Kier alpha value is -1.78. The molecule has 3 atom stereocenters. The lowest BCUT2D eigenvalue weighted by atomic mass is 10.0. The summed E-state index contributed by atoms with van der Waals surface area (Å²) in [5.74, 6) is -2.35. The molecule has 0 rings (SSSR count). The molecule has 3 unspecified atom stereocenters. The van der Waals surface area contributed by atoms with E-state index in [0.717, 1.165) is 44.9 Å². The molecule has 0 spiro atoms. The molecule has 0 saturated carbocycles. The van der Waals surface area contributed by atoms with Gasteiger partial charge in [0.1, 0.15) is 12.7 Å². The highest BCUT2D eigenvalue weighted by Gasteiger charge is 2.28. The summed E-state index contributed by atoms with van der Waals surface area (Å²) in [5, 5.41) is 22.0. The number of carboxylic acids is 1. The Morgan fingerprint density at radius 1 is 0.470 bits per heavy atom. The van der Waals surface area contributed by atoms with Crippen molar-refractivity contribution < 1.29 is 47.8 Å². The van der Waals surface area contributed by atoms with Crippen LogP contribution in [0.3, 0.4) is 0 Å². The number of esters is 1. The van der Waals surface area contributed by atoms with Gasteiger partial charge < -0.3 is 25.2 Å². The van der Waals surface area contributed by atoms with E-state index in [1.54, 1.807) is 0 Å². The number of carbonyl (C=O) groups is 3. The smallest absolute Gasteiger partial charge is 0.472 e. The maximum absolute atomic E-state index is 12.4. The SMILES string of the molecule is CCCCCCCCC/C=C\CCCCCCCCCC(=O)OCC(O)COP(=O)(O)OCC(NC(=O)CCCCCCCCCCCCCCCCCCCCCCCCCC)C(=O)O. The van der Waals surface area contributed by atoms with Gasteiger partial charge in [-0.05, 0) is 38.5 Å². The van der Waals surface area contributed by atoms with Crippen LogP contribution in [0.4, 0.5) is 0 Å². The summed E-state index contributed by atoms with van der Waals surface area (Å²) in [4.78, 5) is 46.2. The van der Waals surface area contributed by atoms with Crippen molar-refractivity contribution in [3.8, 4) is 0 Å². The number of carboxylic acid groups (broad SMARTS) is 1. The molecule has 66 heavy (non-hydrogen) atoms. The lowest BCUT2D eigenvalue weighted by Crippen LogP contribution is -2.43. The molecule has 0 aliphatic heterocycles. The van der Waals surface area contributed by atoms with Crippen LogP contribution in [0.5, 0.6) is 0 Å². The van der Waals surface area contributed by atoms with Crippen molar-refractivity contribution in [3.63, 3.8) is 0 Å². The molecule has 0 bridgehead atoms. The normalized spacial score (nSPS) is 13.5. The molecule has 390 valence electrons. The van der Waals surface area contributed by atoms with Gasteiger partial charge in [-0.3, -0.25) is 18.6 Å². The van der Waals surface area contributed by atoms with E-state index in [1.807, 2.05) is 0 Å². The Labute approximate surface area is 405 Å². The molecular formula is C54H104NO10P. The van der Waals surface area contributed by atoms with E-state index in [9.17, 15) is 34.1 Å². The fraction of sp³-hybridized carbons (Fsp3) is 0.907. The molecular weight excluding hydrogens is 854 g/mol. The molecule has 12 heteroatoms. The Morgan fingerprint density at radius 2 is 0.788 bits per heavy atom. The predicted octanol–water partition coefficient (Wildman–Crippen LogP) is 15.6. The number of nitrogens with one attached hydrogen (secondary N) is 1. The number of aliphatic hydroxyl groups excluding tert-OH is 1. The first-order valence-electron chi connectivity index (χ1n) is 27.7. The Balaban J connectivity index is 3.76. The number of hydrogen-bond acceptors (Lipinski definition) is 8. The second-order valence-electron chi connectivity index (χ2n) is 19.1. The van der Waals surface area contributed by atoms with Crippen molar-refractivity contribution in [1.82, 2.24) is 5.32 Å². The van der Waals surface area contributed by atoms with Crippen LogP contribution in [-0.2, 0) is 32.7 Å². The van der Waals surface area contributed by atoms with Crippen LogP contribution in [0.1, 0.15) is 284 Å². The number of aliphatic carboxylic acids is 1. The summed E-state index contributed by atoms with van der Waals surface area (Å²) in [6.07, 6.45) is 53.8. The molecule has 0 radical (unpaired) electrons. The minimum absolute atomic E-state index is 0.152. The number of rotatable bonds is 53. The second-order valence-corrected chi connectivity index (χ2v) is 20.6. The number of carbonyl (C=O) groups excluding carboxylic acids is 2. The van der Waals surface area contributed by atoms with Crippen molar-refractivity contribution in [1.29, 1.82) is 0 Å². The van der Waals surface area contributed by atoms with Gasteiger partial charge in [-0.25, -0.2) is 9.36 Å². The molecule has 4 N–H and O–H groups in total. The van der Waals surface area contributed by atoms with E-state index >= 15 is 0 Å². The summed E-state index contributed by atoms with van der Waals surface area (Å²) < 4.78 is 27.0. The summed E-state index contributed by atoms with van der Waals surface area (Å²) in [6, 6.07) is -1.54. The third kappa shape index (κ3) is 48.7. The zero-order chi connectivity index (χ0) is 48.4. The Bertz CT molecular complexity index is 1170. The molecule has 0 aliphatic carbocycles. The highest BCUT2D eigenvalue weighted by molar-refractivity contribution is 7.47. The molecule has 0 saturated heterocycles. The highest BCUT2D eigenvalue weighted by Crippen LogP contribution is 2.43. The van der Waals surface area contributed by atoms with Crippen LogP contribution in [0.15, 0.2) is 12.2 Å². The Kier molecular flexibility index (Phi) is 48.3. The number of hydrogen-bond donors (Lipinski definition) is 4. The largest absolute Gasteiger partial charge is 0.480 e. The van der Waals surface area contributed by atoms with E-state index in [4.69, 9.17) is 13.8 Å². The van der Waals surface area contributed by atoms with Gasteiger partial charge in [0.05, 0.1) is 13.2 Å². The van der Waals surface area contributed by atoms with Crippen LogP contribution < -0.4 is 5.32 Å². The van der Waals surface area contributed by atoms with E-state index in [-0.39, 0.29) is 12.8 Å². The zero-order valence-corrected chi connectivity index (χ0v) is 43.7. The zero-order valence-electron chi connectivity index (χ0n) is 42.8. The van der Waals surface area contributed by atoms with Crippen molar-refractivity contribution in [2.24, 2.45) is 0 Å².